The molecule has 60 valence electrons. The summed E-state index contributed by atoms with van der Waals surface area (Å²) < 4.78 is 11.9. The number of rotatable bonds is 3. The van der Waals surface area contributed by atoms with E-state index in [9.17, 15) is 4.39 Å². The summed E-state index contributed by atoms with van der Waals surface area (Å²) in [6, 6.07) is 0. The van der Waals surface area contributed by atoms with Crippen LogP contribution in [0.4, 0.5) is 4.39 Å². The molecule has 1 heterocycles. The van der Waals surface area contributed by atoms with Gasteiger partial charge in [-0.25, -0.2) is 0 Å². The van der Waals surface area contributed by atoms with Crippen LogP contribution in [0.25, 0.3) is 0 Å². The minimum Gasteiger partial charge on any atom is -0.396 e. The van der Waals surface area contributed by atoms with Gasteiger partial charge in [0.25, 0.3) is 0 Å². The topological polar surface area (TPSA) is 20.2 Å². The molecule has 0 radical (unpaired) electrons. The largest absolute Gasteiger partial charge is 0.396 e. The first-order valence-electron chi connectivity index (χ1n) is 3.63. The highest BCUT2D eigenvalue weighted by atomic mass is 32.2. The Morgan fingerprint density at radius 2 is 2.10 bits per heavy atom. The first-order chi connectivity index (χ1) is 4.88. The predicted molar refractivity (Wildman–Crippen MR) is 42.0 cm³/mol. The van der Waals surface area contributed by atoms with Crippen LogP contribution >= 0.6 is 11.8 Å². The third-order valence-corrected chi connectivity index (χ3v) is 3.37. The molecular formula is C7H13FOS. The molecule has 0 amide bonds. The summed E-state index contributed by atoms with van der Waals surface area (Å²) in [4.78, 5) is 0. The molecule has 3 heteroatoms. The highest BCUT2D eigenvalue weighted by Gasteiger charge is 2.26. The molecule has 1 fully saturated rings. The molecule has 1 saturated heterocycles. The molecule has 1 rings (SSSR count). The molecule has 1 aliphatic heterocycles. The summed E-state index contributed by atoms with van der Waals surface area (Å²) in [5.41, 5.74) is 0. The lowest BCUT2D eigenvalue weighted by atomic mass is 9.94. The lowest BCUT2D eigenvalue weighted by molar-refractivity contribution is 0.196. The zero-order valence-electron chi connectivity index (χ0n) is 5.92. The Morgan fingerprint density at radius 1 is 1.40 bits per heavy atom. The molecule has 10 heavy (non-hydrogen) atoms. The van der Waals surface area contributed by atoms with Crippen molar-refractivity contribution in [2.24, 2.45) is 11.8 Å². The molecule has 0 aliphatic carbocycles. The van der Waals surface area contributed by atoms with E-state index >= 15 is 0 Å². The van der Waals surface area contributed by atoms with Crippen molar-refractivity contribution in [3.8, 4) is 0 Å². The van der Waals surface area contributed by atoms with E-state index in [1.54, 1.807) is 0 Å². The summed E-state index contributed by atoms with van der Waals surface area (Å²) in [7, 11) is 0. The van der Waals surface area contributed by atoms with Crippen LogP contribution in [0.5, 0.6) is 0 Å². The molecule has 1 N–H and O–H groups in total. The Labute approximate surface area is 65.0 Å². The molecule has 0 aromatic heterocycles. The second kappa shape index (κ2) is 4.19. The van der Waals surface area contributed by atoms with Crippen molar-refractivity contribution in [2.75, 3.05) is 24.8 Å². The Morgan fingerprint density at radius 3 is 2.70 bits per heavy atom. The van der Waals surface area contributed by atoms with Crippen molar-refractivity contribution in [3.05, 3.63) is 0 Å². The van der Waals surface area contributed by atoms with Crippen LogP contribution < -0.4 is 0 Å². The van der Waals surface area contributed by atoms with Crippen molar-refractivity contribution >= 4 is 11.8 Å². The first-order valence-corrected chi connectivity index (χ1v) is 4.78. The molecule has 0 bridgehead atoms. The Balaban J connectivity index is 2.27. The van der Waals surface area contributed by atoms with E-state index in [4.69, 9.17) is 5.11 Å². The molecule has 2 atom stereocenters. The molecule has 0 aromatic carbocycles. The number of aliphatic hydroxyl groups is 1. The second-order valence-electron chi connectivity index (χ2n) is 2.72. The molecule has 0 saturated carbocycles. The zero-order valence-corrected chi connectivity index (χ0v) is 6.74. The quantitative estimate of drug-likeness (QED) is 0.679. The second-order valence-corrected chi connectivity index (χ2v) is 3.79. The van der Waals surface area contributed by atoms with Crippen LogP contribution in [0.1, 0.15) is 6.42 Å². The third-order valence-electron chi connectivity index (χ3n) is 2.04. The molecule has 1 aliphatic rings. The number of alkyl halides is 1. The van der Waals surface area contributed by atoms with Gasteiger partial charge in [-0.05, 0) is 29.8 Å². The van der Waals surface area contributed by atoms with Gasteiger partial charge in [0.2, 0.25) is 0 Å². The van der Waals surface area contributed by atoms with E-state index in [0.717, 1.165) is 11.5 Å². The van der Waals surface area contributed by atoms with E-state index in [-0.39, 0.29) is 13.3 Å². The van der Waals surface area contributed by atoms with Crippen molar-refractivity contribution in [1.82, 2.24) is 0 Å². The zero-order chi connectivity index (χ0) is 7.40. The molecule has 1 nitrogen and oxygen atoms in total. The van der Waals surface area contributed by atoms with Crippen LogP contribution in [0, 0.1) is 11.8 Å². The first kappa shape index (κ1) is 8.34. The maximum Gasteiger partial charge on any atom is 0.0897 e. The summed E-state index contributed by atoms with van der Waals surface area (Å²) in [5, 5.41) is 8.83. The van der Waals surface area contributed by atoms with Gasteiger partial charge in [-0.2, -0.15) is 11.8 Å². The maximum atomic E-state index is 11.9. The van der Waals surface area contributed by atoms with Gasteiger partial charge in [-0.3, -0.25) is 4.39 Å². The number of hydrogen-bond donors (Lipinski definition) is 1. The van der Waals surface area contributed by atoms with Crippen LogP contribution in [0.15, 0.2) is 0 Å². The normalized spacial score (nSPS) is 33.0. The lowest BCUT2D eigenvalue weighted by Gasteiger charge is -2.13. The fourth-order valence-corrected chi connectivity index (χ4v) is 2.86. The predicted octanol–water partition coefficient (Wildman–Crippen LogP) is 1.32. The van der Waals surface area contributed by atoms with Gasteiger partial charge in [-0.15, -0.1) is 0 Å². The molecule has 0 spiro atoms. The minimum absolute atomic E-state index is 0.234. The monoisotopic (exact) mass is 164 g/mol. The van der Waals surface area contributed by atoms with Gasteiger partial charge < -0.3 is 5.11 Å². The minimum atomic E-state index is -0.234. The fourth-order valence-electron chi connectivity index (χ4n) is 1.30. The molecule has 2 unspecified atom stereocenters. The highest BCUT2D eigenvalue weighted by molar-refractivity contribution is 7.99. The summed E-state index contributed by atoms with van der Waals surface area (Å²) in [6.45, 7) is -0.000602. The summed E-state index contributed by atoms with van der Waals surface area (Å²) in [6.07, 6.45) is 0.637. The van der Waals surface area contributed by atoms with Gasteiger partial charge >= 0.3 is 0 Å². The van der Waals surface area contributed by atoms with Crippen molar-refractivity contribution in [3.63, 3.8) is 0 Å². The van der Waals surface area contributed by atoms with Crippen LogP contribution in [0.2, 0.25) is 0 Å². The lowest BCUT2D eigenvalue weighted by Crippen LogP contribution is -2.16. The number of halogens is 1. The van der Waals surface area contributed by atoms with Crippen LogP contribution in [0.3, 0.4) is 0 Å². The third kappa shape index (κ3) is 1.86. The van der Waals surface area contributed by atoms with Crippen molar-refractivity contribution < 1.29 is 9.50 Å². The van der Waals surface area contributed by atoms with Crippen molar-refractivity contribution in [1.29, 1.82) is 0 Å². The van der Waals surface area contributed by atoms with Gasteiger partial charge in [0.15, 0.2) is 0 Å². The van der Waals surface area contributed by atoms with E-state index in [1.165, 1.54) is 0 Å². The average molecular weight is 164 g/mol. The van der Waals surface area contributed by atoms with Crippen molar-refractivity contribution in [2.45, 2.75) is 6.42 Å². The summed E-state index contributed by atoms with van der Waals surface area (Å²) in [5.74, 6) is 2.84. The van der Waals surface area contributed by atoms with E-state index < -0.39 is 0 Å². The van der Waals surface area contributed by atoms with Gasteiger partial charge in [-0.1, -0.05) is 0 Å². The van der Waals surface area contributed by atoms with Gasteiger partial charge in [0.05, 0.1) is 6.67 Å². The molecular weight excluding hydrogens is 151 g/mol. The number of hydrogen-bond acceptors (Lipinski definition) is 2. The Hall–Kier alpha value is 0.240. The van der Waals surface area contributed by atoms with Crippen LogP contribution in [-0.4, -0.2) is 29.9 Å². The maximum absolute atomic E-state index is 11.9. The van der Waals surface area contributed by atoms with Crippen LogP contribution in [-0.2, 0) is 0 Å². The smallest absolute Gasteiger partial charge is 0.0897 e. The van der Waals surface area contributed by atoms with Gasteiger partial charge in [0, 0.05) is 6.61 Å². The van der Waals surface area contributed by atoms with E-state index in [0.29, 0.717) is 18.3 Å². The SMILES string of the molecule is OCC1CSCC1CCF. The highest BCUT2D eigenvalue weighted by Crippen LogP contribution is 2.31. The van der Waals surface area contributed by atoms with E-state index in [1.807, 2.05) is 11.8 Å². The van der Waals surface area contributed by atoms with E-state index in [2.05, 4.69) is 0 Å². The Bertz CT molecular complexity index is 99.6. The molecule has 0 aromatic rings. The average Bonchev–Trinajstić information content (AvgIpc) is 2.36. The standard InChI is InChI=1S/C7H13FOS/c8-2-1-6-4-10-5-7(6)3-9/h6-7,9H,1-5H2. The van der Waals surface area contributed by atoms with Gasteiger partial charge in [0.1, 0.15) is 0 Å². The Kier molecular flexibility index (Phi) is 3.49. The fraction of sp³-hybridized carbons (Fsp3) is 1.00. The number of aliphatic hydroxyl groups excluding tert-OH is 1. The number of thioether (sulfide) groups is 1. The summed E-state index contributed by atoms with van der Waals surface area (Å²) >= 11 is 1.83.